The van der Waals surface area contributed by atoms with Crippen LogP contribution in [-0.2, 0) is 24.3 Å². The summed E-state index contributed by atoms with van der Waals surface area (Å²) in [5.74, 6) is -1.93. The zero-order valence-corrected chi connectivity index (χ0v) is 11.7. The minimum atomic E-state index is -3.52. The smallest absolute Gasteiger partial charge is 0.306 e. The number of methoxy groups -OCH3 is 1. The summed E-state index contributed by atoms with van der Waals surface area (Å²) in [7, 11) is -2.31. The number of carbonyl (C=O) groups is 2. The van der Waals surface area contributed by atoms with Gasteiger partial charge in [-0.3, -0.25) is 9.59 Å². The molecule has 0 spiro atoms. The van der Waals surface area contributed by atoms with E-state index in [1.165, 1.54) is 11.4 Å². The predicted octanol–water partition coefficient (Wildman–Crippen LogP) is 0.0660. The van der Waals surface area contributed by atoms with Crippen LogP contribution in [0.25, 0.3) is 0 Å². The first-order chi connectivity index (χ1) is 8.85. The summed E-state index contributed by atoms with van der Waals surface area (Å²) in [6.45, 7) is 0.607. The summed E-state index contributed by atoms with van der Waals surface area (Å²) in [6, 6.07) is 0. The molecule has 1 unspecified atom stereocenters. The number of hydrogen-bond donors (Lipinski definition) is 1. The Morgan fingerprint density at radius 2 is 2.11 bits per heavy atom. The fourth-order valence-corrected chi connectivity index (χ4v) is 3.66. The molecule has 1 N–H and O–H groups in total. The minimum Gasteiger partial charge on any atom is -0.481 e. The van der Waals surface area contributed by atoms with E-state index in [0.717, 1.165) is 6.42 Å². The highest BCUT2D eigenvalue weighted by atomic mass is 32.2. The summed E-state index contributed by atoms with van der Waals surface area (Å²) in [5.41, 5.74) is 0. The molecular formula is C11H19NO6S. The molecule has 0 aromatic heterocycles. The van der Waals surface area contributed by atoms with Gasteiger partial charge in [0.2, 0.25) is 10.0 Å². The van der Waals surface area contributed by atoms with Crippen molar-refractivity contribution in [2.45, 2.75) is 25.7 Å². The number of nitrogens with zero attached hydrogens (tertiary/aromatic N) is 1. The lowest BCUT2D eigenvalue weighted by atomic mass is 9.96. The maximum absolute atomic E-state index is 12.0. The number of rotatable bonds is 6. The summed E-state index contributed by atoms with van der Waals surface area (Å²) < 4.78 is 29.7. The van der Waals surface area contributed by atoms with Crippen molar-refractivity contribution in [3.8, 4) is 0 Å². The SMILES string of the molecule is COC(=O)CCS(=O)(=O)N1CCCC(CC(=O)O)C1. The molecule has 1 aliphatic heterocycles. The van der Waals surface area contributed by atoms with E-state index in [2.05, 4.69) is 4.74 Å². The third-order valence-corrected chi connectivity index (χ3v) is 4.97. The Labute approximate surface area is 112 Å². The molecule has 7 nitrogen and oxygen atoms in total. The van der Waals surface area contributed by atoms with Crippen LogP contribution in [0, 0.1) is 5.92 Å². The second-order valence-corrected chi connectivity index (χ2v) is 6.69. The van der Waals surface area contributed by atoms with Crippen LogP contribution in [0.15, 0.2) is 0 Å². The van der Waals surface area contributed by atoms with Crippen LogP contribution in [0.2, 0.25) is 0 Å². The van der Waals surface area contributed by atoms with Crippen molar-refractivity contribution in [1.29, 1.82) is 0 Å². The van der Waals surface area contributed by atoms with Gasteiger partial charge in [-0.2, -0.15) is 0 Å². The zero-order valence-electron chi connectivity index (χ0n) is 10.9. The first kappa shape index (κ1) is 15.9. The van der Waals surface area contributed by atoms with Gasteiger partial charge >= 0.3 is 11.9 Å². The van der Waals surface area contributed by atoms with Crippen LogP contribution in [0.4, 0.5) is 0 Å². The van der Waals surface area contributed by atoms with Crippen LogP contribution in [0.1, 0.15) is 25.7 Å². The molecule has 1 aliphatic rings. The van der Waals surface area contributed by atoms with Crippen molar-refractivity contribution >= 4 is 22.0 Å². The summed E-state index contributed by atoms with van der Waals surface area (Å²) in [4.78, 5) is 21.6. The topological polar surface area (TPSA) is 101 Å². The summed E-state index contributed by atoms with van der Waals surface area (Å²) in [5, 5.41) is 8.73. The van der Waals surface area contributed by atoms with E-state index in [1.807, 2.05) is 0 Å². The Morgan fingerprint density at radius 1 is 1.42 bits per heavy atom. The lowest BCUT2D eigenvalue weighted by Crippen LogP contribution is -2.41. The van der Waals surface area contributed by atoms with Gasteiger partial charge in [-0.15, -0.1) is 0 Å². The molecule has 8 heteroatoms. The first-order valence-corrected chi connectivity index (χ1v) is 7.72. The fraction of sp³-hybridized carbons (Fsp3) is 0.818. The highest BCUT2D eigenvalue weighted by molar-refractivity contribution is 7.89. The molecule has 1 rings (SSSR count). The summed E-state index contributed by atoms with van der Waals surface area (Å²) >= 11 is 0. The van der Waals surface area contributed by atoms with E-state index < -0.39 is 22.0 Å². The molecule has 0 bridgehead atoms. The highest BCUT2D eigenvalue weighted by Crippen LogP contribution is 2.22. The largest absolute Gasteiger partial charge is 0.481 e. The third-order valence-electron chi connectivity index (χ3n) is 3.13. The lowest BCUT2D eigenvalue weighted by molar-refractivity contribution is -0.140. The second kappa shape index (κ2) is 6.85. The molecule has 1 fully saturated rings. The Kier molecular flexibility index (Phi) is 5.74. The number of aliphatic carboxylic acids is 1. The van der Waals surface area contributed by atoms with Gasteiger partial charge in [0.05, 0.1) is 19.3 Å². The van der Waals surface area contributed by atoms with E-state index in [-0.39, 0.29) is 31.1 Å². The van der Waals surface area contributed by atoms with Crippen LogP contribution in [0.3, 0.4) is 0 Å². The normalized spacial score (nSPS) is 21.0. The quantitative estimate of drug-likeness (QED) is 0.695. The number of sulfonamides is 1. The van der Waals surface area contributed by atoms with E-state index in [1.54, 1.807) is 0 Å². The number of carboxylic acid groups (broad SMARTS) is 1. The first-order valence-electron chi connectivity index (χ1n) is 6.11. The third kappa shape index (κ3) is 5.15. The monoisotopic (exact) mass is 293 g/mol. The van der Waals surface area contributed by atoms with E-state index >= 15 is 0 Å². The zero-order chi connectivity index (χ0) is 14.5. The molecule has 1 heterocycles. The Morgan fingerprint density at radius 3 is 2.68 bits per heavy atom. The molecule has 1 atom stereocenters. The maximum atomic E-state index is 12.0. The Balaban J connectivity index is 2.57. The number of piperidine rings is 1. The van der Waals surface area contributed by atoms with Crippen molar-refractivity contribution in [2.24, 2.45) is 5.92 Å². The summed E-state index contributed by atoms with van der Waals surface area (Å²) in [6.07, 6.45) is 1.16. The van der Waals surface area contributed by atoms with E-state index in [4.69, 9.17) is 5.11 Å². The minimum absolute atomic E-state index is 0.0248. The second-order valence-electron chi connectivity index (χ2n) is 4.61. The molecule has 0 amide bonds. The molecule has 19 heavy (non-hydrogen) atoms. The predicted molar refractivity (Wildman–Crippen MR) is 67.0 cm³/mol. The molecular weight excluding hydrogens is 274 g/mol. The van der Waals surface area contributed by atoms with Crippen LogP contribution in [0.5, 0.6) is 0 Å². The average Bonchev–Trinajstić information content (AvgIpc) is 2.35. The van der Waals surface area contributed by atoms with Gasteiger partial charge in [-0.25, -0.2) is 12.7 Å². The average molecular weight is 293 g/mol. The van der Waals surface area contributed by atoms with Crippen LogP contribution >= 0.6 is 0 Å². The van der Waals surface area contributed by atoms with Crippen molar-refractivity contribution in [2.75, 3.05) is 26.0 Å². The molecule has 110 valence electrons. The van der Waals surface area contributed by atoms with Crippen molar-refractivity contribution in [1.82, 2.24) is 4.31 Å². The number of carbonyl (C=O) groups excluding carboxylic acids is 1. The van der Waals surface area contributed by atoms with Gasteiger partial charge in [0.1, 0.15) is 0 Å². The number of hydrogen-bond acceptors (Lipinski definition) is 5. The maximum Gasteiger partial charge on any atom is 0.306 e. The molecule has 0 radical (unpaired) electrons. The Bertz CT molecular complexity index is 432. The Hall–Kier alpha value is -1.15. The van der Waals surface area contributed by atoms with Gasteiger partial charge < -0.3 is 9.84 Å². The van der Waals surface area contributed by atoms with Crippen LogP contribution in [-0.4, -0.2) is 55.7 Å². The van der Waals surface area contributed by atoms with E-state index in [0.29, 0.717) is 13.0 Å². The van der Waals surface area contributed by atoms with Crippen LogP contribution < -0.4 is 0 Å². The molecule has 1 saturated heterocycles. The van der Waals surface area contributed by atoms with Crippen molar-refractivity contribution < 1.29 is 27.9 Å². The van der Waals surface area contributed by atoms with Gasteiger partial charge in [0.15, 0.2) is 0 Å². The highest BCUT2D eigenvalue weighted by Gasteiger charge is 2.30. The van der Waals surface area contributed by atoms with Crippen molar-refractivity contribution in [3.05, 3.63) is 0 Å². The molecule has 0 saturated carbocycles. The lowest BCUT2D eigenvalue weighted by Gasteiger charge is -2.31. The number of esters is 1. The standard InChI is InChI=1S/C11H19NO6S/c1-18-11(15)4-6-19(16,17)12-5-2-3-9(8-12)7-10(13)14/h9H,2-8H2,1H3,(H,13,14). The van der Waals surface area contributed by atoms with Crippen molar-refractivity contribution in [3.63, 3.8) is 0 Å². The van der Waals surface area contributed by atoms with Gasteiger partial charge in [0.25, 0.3) is 0 Å². The molecule has 0 aromatic carbocycles. The fourth-order valence-electron chi connectivity index (χ4n) is 2.14. The molecule has 0 aromatic rings. The number of ether oxygens (including phenoxy) is 1. The molecule has 0 aliphatic carbocycles. The van der Waals surface area contributed by atoms with Gasteiger partial charge in [-0.05, 0) is 18.8 Å². The van der Waals surface area contributed by atoms with Gasteiger partial charge in [-0.1, -0.05) is 0 Å². The number of carboxylic acids is 1. The van der Waals surface area contributed by atoms with E-state index in [9.17, 15) is 18.0 Å². The van der Waals surface area contributed by atoms with Gasteiger partial charge in [0, 0.05) is 19.5 Å².